The lowest BCUT2D eigenvalue weighted by atomic mass is 10.1. The summed E-state index contributed by atoms with van der Waals surface area (Å²) in [5.74, 6) is -0.886. The quantitative estimate of drug-likeness (QED) is 0.468. The van der Waals surface area contributed by atoms with Crippen LogP contribution >= 0.6 is 0 Å². The molecule has 170 valence electrons. The molecule has 6 heteroatoms. The maximum absolute atomic E-state index is 12.9. The summed E-state index contributed by atoms with van der Waals surface area (Å²) in [6.45, 7) is 0.361. The maximum Gasteiger partial charge on any atom is 0.255 e. The molecule has 1 aliphatic rings. The van der Waals surface area contributed by atoms with Crippen LogP contribution in [0.3, 0.4) is 0 Å². The van der Waals surface area contributed by atoms with Crippen molar-refractivity contribution in [1.82, 2.24) is 5.32 Å². The molecule has 0 aliphatic heterocycles. The number of nitrogens with one attached hydrogen (secondary N) is 3. The minimum absolute atomic E-state index is 0.266. The third kappa shape index (κ3) is 6.07. The Hall–Kier alpha value is -4.45. The van der Waals surface area contributed by atoms with Gasteiger partial charge in [0.2, 0.25) is 0 Å². The van der Waals surface area contributed by atoms with Gasteiger partial charge < -0.3 is 16.0 Å². The lowest BCUT2D eigenvalue weighted by molar-refractivity contribution is -0.112. The zero-order valence-corrected chi connectivity index (χ0v) is 18.6. The van der Waals surface area contributed by atoms with Gasteiger partial charge in [-0.2, -0.15) is 0 Å². The molecule has 0 atom stereocenters. The SMILES string of the molecule is O=C(Nc1cc(NC(=O)c2ccccc2)cc(C(=O)NCc2ccccc2)c1)C1=CCCC=C1. The lowest BCUT2D eigenvalue weighted by Crippen LogP contribution is -2.23. The molecule has 0 spiro atoms. The van der Waals surface area contributed by atoms with Crippen LogP contribution in [-0.4, -0.2) is 17.7 Å². The number of hydrogen-bond donors (Lipinski definition) is 3. The normalized spacial score (nSPS) is 12.4. The van der Waals surface area contributed by atoms with Crippen LogP contribution in [0.2, 0.25) is 0 Å². The van der Waals surface area contributed by atoms with Crippen molar-refractivity contribution in [3.8, 4) is 0 Å². The van der Waals surface area contributed by atoms with E-state index in [0.717, 1.165) is 18.4 Å². The van der Waals surface area contributed by atoms with Gasteiger partial charge in [-0.15, -0.1) is 0 Å². The molecule has 3 aromatic carbocycles. The van der Waals surface area contributed by atoms with Gasteiger partial charge in [0.25, 0.3) is 17.7 Å². The van der Waals surface area contributed by atoms with Gasteiger partial charge in [-0.25, -0.2) is 0 Å². The standard InChI is InChI=1S/C28H25N3O3/c32-26(29-19-20-10-4-1-5-11-20)23-16-24(30-27(33)21-12-6-2-7-13-21)18-25(17-23)31-28(34)22-14-8-3-9-15-22/h1-2,4-8,10-18H,3,9,19H2,(H,29,32)(H,30,33)(H,31,34). The summed E-state index contributed by atoms with van der Waals surface area (Å²) in [6, 6.07) is 23.2. The van der Waals surface area contributed by atoms with Crippen LogP contribution in [0.1, 0.15) is 39.1 Å². The number of carbonyl (C=O) groups is 3. The molecule has 0 aromatic heterocycles. The zero-order chi connectivity index (χ0) is 23.8. The van der Waals surface area contributed by atoms with E-state index >= 15 is 0 Å². The number of rotatable bonds is 7. The molecule has 0 heterocycles. The summed E-state index contributed by atoms with van der Waals surface area (Å²) in [7, 11) is 0. The van der Waals surface area contributed by atoms with Gasteiger partial charge in [-0.3, -0.25) is 14.4 Å². The number of hydrogen-bond acceptors (Lipinski definition) is 3. The first-order valence-electron chi connectivity index (χ1n) is 11.1. The van der Waals surface area contributed by atoms with Crippen molar-refractivity contribution in [3.63, 3.8) is 0 Å². The molecule has 6 nitrogen and oxygen atoms in total. The third-order valence-corrected chi connectivity index (χ3v) is 5.30. The number of amides is 3. The summed E-state index contributed by atoms with van der Waals surface area (Å²) in [4.78, 5) is 38.3. The van der Waals surface area contributed by atoms with E-state index in [4.69, 9.17) is 0 Å². The zero-order valence-electron chi connectivity index (χ0n) is 18.6. The average molecular weight is 452 g/mol. The highest BCUT2D eigenvalue weighted by Gasteiger charge is 2.14. The fourth-order valence-corrected chi connectivity index (χ4v) is 3.56. The van der Waals surface area contributed by atoms with Crippen molar-refractivity contribution in [3.05, 3.63) is 119 Å². The Kier molecular flexibility index (Phi) is 7.30. The molecule has 3 N–H and O–H groups in total. The molecular formula is C28H25N3O3. The minimum atomic E-state index is -0.313. The van der Waals surface area contributed by atoms with Crippen LogP contribution in [0.5, 0.6) is 0 Å². The summed E-state index contributed by atoms with van der Waals surface area (Å²) in [5, 5.41) is 8.55. The lowest BCUT2D eigenvalue weighted by Gasteiger charge is -2.13. The van der Waals surface area contributed by atoms with Crippen molar-refractivity contribution < 1.29 is 14.4 Å². The van der Waals surface area contributed by atoms with E-state index in [1.165, 1.54) is 0 Å². The van der Waals surface area contributed by atoms with Crippen molar-refractivity contribution in [2.45, 2.75) is 19.4 Å². The van der Waals surface area contributed by atoms with Crippen molar-refractivity contribution in [2.75, 3.05) is 10.6 Å². The molecule has 0 bridgehead atoms. The van der Waals surface area contributed by atoms with E-state index in [1.54, 1.807) is 48.5 Å². The monoisotopic (exact) mass is 451 g/mol. The summed E-state index contributed by atoms with van der Waals surface area (Å²) >= 11 is 0. The van der Waals surface area contributed by atoms with E-state index in [9.17, 15) is 14.4 Å². The van der Waals surface area contributed by atoms with Crippen molar-refractivity contribution in [1.29, 1.82) is 0 Å². The van der Waals surface area contributed by atoms with Gasteiger partial charge in [0.05, 0.1) is 0 Å². The second-order valence-electron chi connectivity index (χ2n) is 7.88. The van der Waals surface area contributed by atoms with Crippen LogP contribution in [-0.2, 0) is 11.3 Å². The van der Waals surface area contributed by atoms with Crippen LogP contribution in [0.15, 0.2) is 103 Å². The van der Waals surface area contributed by atoms with E-state index < -0.39 is 0 Å². The van der Waals surface area contributed by atoms with Crippen molar-refractivity contribution >= 4 is 29.1 Å². The number of allylic oxidation sites excluding steroid dienone is 2. The predicted molar refractivity (Wildman–Crippen MR) is 134 cm³/mol. The molecule has 0 saturated heterocycles. The van der Waals surface area contributed by atoms with Gasteiger partial charge in [0.1, 0.15) is 0 Å². The molecule has 3 aromatic rings. The minimum Gasteiger partial charge on any atom is -0.348 e. The molecule has 0 fully saturated rings. The van der Waals surface area contributed by atoms with Gasteiger partial charge in [0.15, 0.2) is 0 Å². The summed E-state index contributed by atoms with van der Waals surface area (Å²) in [5.41, 5.74) is 3.18. The van der Waals surface area contributed by atoms with Crippen LogP contribution in [0.25, 0.3) is 0 Å². The average Bonchev–Trinajstić information content (AvgIpc) is 2.88. The van der Waals surface area contributed by atoms with Crippen LogP contribution < -0.4 is 16.0 Å². The van der Waals surface area contributed by atoms with Gasteiger partial charge in [-0.1, -0.05) is 66.8 Å². The molecule has 0 unspecified atom stereocenters. The Labute approximate surface area is 198 Å². The van der Waals surface area contributed by atoms with Crippen molar-refractivity contribution in [2.24, 2.45) is 0 Å². The first-order chi connectivity index (χ1) is 16.6. The molecule has 3 amide bonds. The second-order valence-corrected chi connectivity index (χ2v) is 7.88. The largest absolute Gasteiger partial charge is 0.348 e. The molecule has 1 aliphatic carbocycles. The smallest absolute Gasteiger partial charge is 0.255 e. The fraction of sp³-hybridized carbons (Fsp3) is 0.107. The van der Waals surface area contributed by atoms with Crippen LogP contribution in [0, 0.1) is 0 Å². The Balaban J connectivity index is 1.56. The predicted octanol–water partition coefficient (Wildman–Crippen LogP) is 5.08. The van der Waals surface area contributed by atoms with E-state index in [-0.39, 0.29) is 17.7 Å². The molecule has 4 rings (SSSR count). The van der Waals surface area contributed by atoms with Crippen LogP contribution in [0.4, 0.5) is 11.4 Å². The molecule has 0 saturated carbocycles. The molecular weight excluding hydrogens is 426 g/mol. The Bertz CT molecular complexity index is 1250. The highest BCUT2D eigenvalue weighted by Crippen LogP contribution is 2.22. The fourth-order valence-electron chi connectivity index (χ4n) is 3.56. The number of benzene rings is 3. The highest BCUT2D eigenvalue weighted by atomic mass is 16.2. The molecule has 0 radical (unpaired) electrons. The highest BCUT2D eigenvalue weighted by molar-refractivity contribution is 6.08. The Morgan fingerprint density at radius 1 is 0.676 bits per heavy atom. The third-order valence-electron chi connectivity index (χ3n) is 5.30. The van der Waals surface area contributed by atoms with Gasteiger partial charge >= 0.3 is 0 Å². The first kappa shape index (κ1) is 22.7. The van der Waals surface area contributed by atoms with Gasteiger partial charge in [0, 0.05) is 34.6 Å². The van der Waals surface area contributed by atoms with E-state index in [0.29, 0.717) is 34.6 Å². The summed E-state index contributed by atoms with van der Waals surface area (Å²) < 4.78 is 0. The van der Waals surface area contributed by atoms with E-state index in [2.05, 4.69) is 16.0 Å². The molecule has 34 heavy (non-hydrogen) atoms. The second kappa shape index (κ2) is 10.9. The summed E-state index contributed by atoms with van der Waals surface area (Å²) in [6.07, 6.45) is 7.33. The first-order valence-corrected chi connectivity index (χ1v) is 11.1. The van der Waals surface area contributed by atoms with Gasteiger partial charge in [-0.05, 0) is 48.7 Å². The topological polar surface area (TPSA) is 87.3 Å². The number of carbonyl (C=O) groups excluding carboxylic acids is 3. The Morgan fingerprint density at radius 2 is 1.32 bits per heavy atom. The maximum atomic E-state index is 12.9. The Morgan fingerprint density at radius 3 is 1.97 bits per heavy atom. The number of anilines is 2. The van der Waals surface area contributed by atoms with E-state index in [1.807, 2.05) is 48.6 Å².